The molecule has 0 aromatic heterocycles. The molecule has 8 heteroatoms. The van der Waals surface area contributed by atoms with Gasteiger partial charge in [-0.1, -0.05) is 17.4 Å². The molecule has 2 heterocycles. The molecule has 2 amide bonds. The van der Waals surface area contributed by atoms with Crippen molar-refractivity contribution in [3.05, 3.63) is 59.2 Å². The van der Waals surface area contributed by atoms with E-state index in [-0.39, 0.29) is 5.69 Å². The van der Waals surface area contributed by atoms with E-state index in [1.165, 1.54) is 23.2 Å². The molecule has 0 unspecified atom stereocenters. The summed E-state index contributed by atoms with van der Waals surface area (Å²) in [5.74, 6) is -2.12. The predicted molar refractivity (Wildman–Crippen MR) is 89.7 cm³/mol. The van der Waals surface area contributed by atoms with Crippen molar-refractivity contribution in [2.45, 2.75) is 25.9 Å². The zero-order valence-corrected chi connectivity index (χ0v) is 14.0. The quantitative estimate of drug-likeness (QED) is 0.777. The number of hydrogen-bond acceptors (Lipinski definition) is 5. The lowest BCUT2D eigenvalue weighted by Gasteiger charge is -2.21. The Kier molecular flexibility index (Phi) is 3.57. The van der Waals surface area contributed by atoms with Gasteiger partial charge in [-0.2, -0.15) is 5.11 Å². The highest BCUT2D eigenvalue weighted by molar-refractivity contribution is 6.26. The lowest BCUT2D eigenvalue weighted by Crippen LogP contribution is -2.40. The van der Waals surface area contributed by atoms with Gasteiger partial charge in [-0.25, -0.2) is 18.7 Å². The number of rotatable bonds is 2. The average Bonchev–Trinajstić information content (AvgIpc) is 3.14. The van der Waals surface area contributed by atoms with E-state index in [0.29, 0.717) is 16.8 Å². The van der Waals surface area contributed by atoms with Crippen LogP contribution in [0.5, 0.6) is 0 Å². The monoisotopic (exact) mass is 356 g/mol. The summed E-state index contributed by atoms with van der Waals surface area (Å²) in [6.07, 6.45) is 0. The Morgan fingerprint density at radius 1 is 0.885 bits per heavy atom. The SMILES string of the molecule is Cc1ccc(N2C(=O)[C@@H]3N=NN(c4ccc(C)c(F)c4)[C@H]3C2=O)cc1F. The van der Waals surface area contributed by atoms with Crippen LogP contribution < -0.4 is 9.91 Å². The number of fused-ring (bicyclic) bond motifs is 1. The van der Waals surface area contributed by atoms with E-state index in [4.69, 9.17) is 0 Å². The van der Waals surface area contributed by atoms with Crippen molar-refractivity contribution in [1.29, 1.82) is 0 Å². The van der Waals surface area contributed by atoms with Gasteiger partial charge in [-0.05, 0) is 49.2 Å². The van der Waals surface area contributed by atoms with Crippen LogP contribution in [0.2, 0.25) is 0 Å². The van der Waals surface area contributed by atoms with Gasteiger partial charge >= 0.3 is 0 Å². The first-order chi connectivity index (χ1) is 12.4. The molecule has 0 spiro atoms. The van der Waals surface area contributed by atoms with Gasteiger partial charge in [0, 0.05) is 0 Å². The highest BCUT2D eigenvalue weighted by Crippen LogP contribution is 2.35. The molecule has 0 radical (unpaired) electrons. The first kappa shape index (κ1) is 16.3. The van der Waals surface area contributed by atoms with Crippen LogP contribution in [0.25, 0.3) is 0 Å². The molecular formula is C18H14F2N4O2. The van der Waals surface area contributed by atoms with E-state index >= 15 is 0 Å². The van der Waals surface area contributed by atoms with E-state index in [2.05, 4.69) is 10.3 Å². The van der Waals surface area contributed by atoms with Gasteiger partial charge < -0.3 is 0 Å². The van der Waals surface area contributed by atoms with Crippen molar-refractivity contribution in [2.75, 3.05) is 9.91 Å². The maximum absolute atomic E-state index is 13.9. The Balaban J connectivity index is 1.71. The fraction of sp³-hybridized carbons (Fsp3) is 0.222. The number of benzene rings is 2. The molecule has 2 aliphatic rings. The van der Waals surface area contributed by atoms with Crippen molar-refractivity contribution in [3.8, 4) is 0 Å². The fourth-order valence-corrected chi connectivity index (χ4v) is 3.07. The maximum Gasteiger partial charge on any atom is 0.263 e. The van der Waals surface area contributed by atoms with Crippen LogP contribution in [-0.2, 0) is 9.59 Å². The Morgan fingerprint density at radius 2 is 1.46 bits per heavy atom. The van der Waals surface area contributed by atoms with E-state index in [1.807, 2.05) is 0 Å². The van der Waals surface area contributed by atoms with E-state index in [9.17, 15) is 18.4 Å². The smallest absolute Gasteiger partial charge is 0.263 e. The van der Waals surface area contributed by atoms with Crippen LogP contribution in [0.4, 0.5) is 20.2 Å². The highest BCUT2D eigenvalue weighted by atomic mass is 19.1. The number of hydrogen-bond donors (Lipinski definition) is 0. The molecule has 2 aromatic carbocycles. The number of amides is 2. The second-order valence-electron chi connectivity index (χ2n) is 6.32. The summed E-state index contributed by atoms with van der Waals surface area (Å²) in [5.41, 5.74) is 1.32. The number of imide groups is 1. The summed E-state index contributed by atoms with van der Waals surface area (Å²) in [6.45, 7) is 3.20. The molecule has 2 aromatic rings. The number of carbonyl (C=O) groups is 2. The second-order valence-corrected chi connectivity index (χ2v) is 6.32. The summed E-state index contributed by atoms with van der Waals surface area (Å²) in [4.78, 5) is 26.4. The molecule has 26 heavy (non-hydrogen) atoms. The topological polar surface area (TPSA) is 65.3 Å². The number of anilines is 2. The van der Waals surface area contributed by atoms with Gasteiger partial charge in [-0.15, -0.1) is 0 Å². The second kappa shape index (κ2) is 5.69. The third-order valence-corrected chi connectivity index (χ3v) is 4.62. The Bertz CT molecular complexity index is 976. The normalized spacial score (nSPS) is 21.7. The summed E-state index contributed by atoms with van der Waals surface area (Å²) in [5, 5.41) is 8.98. The number of aryl methyl sites for hydroxylation is 2. The predicted octanol–water partition coefficient (Wildman–Crippen LogP) is 3.08. The summed E-state index contributed by atoms with van der Waals surface area (Å²) in [6, 6.07) is 6.50. The van der Waals surface area contributed by atoms with Crippen molar-refractivity contribution in [1.82, 2.24) is 0 Å². The van der Waals surface area contributed by atoms with Gasteiger partial charge in [0.2, 0.25) is 0 Å². The van der Waals surface area contributed by atoms with Gasteiger partial charge in [0.25, 0.3) is 11.8 Å². The Hall–Kier alpha value is -3.16. The van der Waals surface area contributed by atoms with Gasteiger partial charge in [0.05, 0.1) is 11.4 Å². The van der Waals surface area contributed by atoms with Crippen molar-refractivity contribution in [3.63, 3.8) is 0 Å². The van der Waals surface area contributed by atoms with Crippen molar-refractivity contribution >= 4 is 23.2 Å². The lowest BCUT2D eigenvalue weighted by molar-refractivity contribution is -0.121. The minimum Gasteiger partial charge on any atom is -0.271 e. The number of nitrogens with zero attached hydrogens (tertiary/aromatic N) is 4. The standard InChI is InChI=1S/C18H14F2N4O2/c1-9-3-5-11(7-13(9)19)23-17(25)15-16(18(23)26)24(22-21-15)12-6-4-10(2)14(20)8-12/h3-8,15-16H,1-2H3/t15-,16-/m1/s1. The average molecular weight is 356 g/mol. The van der Waals surface area contributed by atoms with E-state index < -0.39 is 35.5 Å². The molecule has 132 valence electrons. The molecule has 0 saturated carbocycles. The zero-order chi connectivity index (χ0) is 18.6. The summed E-state index contributed by atoms with van der Waals surface area (Å²) >= 11 is 0. The van der Waals surface area contributed by atoms with Crippen LogP contribution in [0.1, 0.15) is 11.1 Å². The fourth-order valence-electron chi connectivity index (χ4n) is 3.07. The van der Waals surface area contributed by atoms with Crippen molar-refractivity contribution < 1.29 is 18.4 Å². The first-order valence-electron chi connectivity index (χ1n) is 7.98. The first-order valence-corrected chi connectivity index (χ1v) is 7.98. The summed E-state index contributed by atoms with van der Waals surface area (Å²) in [7, 11) is 0. The largest absolute Gasteiger partial charge is 0.271 e. The van der Waals surface area contributed by atoms with Gasteiger partial charge in [0.15, 0.2) is 12.1 Å². The molecule has 6 nitrogen and oxygen atoms in total. The lowest BCUT2D eigenvalue weighted by atomic mass is 10.1. The van der Waals surface area contributed by atoms with Crippen LogP contribution in [0.15, 0.2) is 46.7 Å². The van der Waals surface area contributed by atoms with Crippen molar-refractivity contribution in [2.24, 2.45) is 10.3 Å². The van der Waals surface area contributed by atoms with E-state index in [0.717, 1.165) is 11.0 Å². The number of carbonyl (C=O) groups excluding carboxylic acids is 2. The van der Waals surface area contributed by atoms with Crippen LogP contribution in [-0.4, -0.2) is 23.9 Å². The van der Waals surface area contributed by atoms with Gasteiger partial charge in [0.1, 0.15) is 11.6 Å². The van der Waals surface area contributed by atoms with Gasteiger partial charge in [-0.3, -0.25) is 9.59 Å². The molecule has 2 atom stereocenters. The minimum absolute atomic E-state index is 0.141. The molecule has 0 aliphatic carbocycles. The molecule has 0 bridgehead atoms. The third kappa shape index (κ3) is 2.29. The molecular weight excluding hydrogens is 342 g/mol. The molecule has 2 aliphatic heterocycles. The highest BCUT2D eigenvalue weighted by Gasteiger charge is 2.55. The molecule has 1 fully saturated rings. The molecule has 0 N–H and O–H groups in total. The molecule has 4 rings (SSSR count). The Labute approximate surface area is 147 Å². The van der Waals surface area contributed by atoms with Crippen LogP contribution in [0, 0.1) is 25.5 Å². The van der Waals surface area contributed by atoms with Crippen LogP contribution in [0.3, 0.4) is 0 Å². The van der Waals surface area contributed by atoms with Crippen LogP contribution >= 0.6 is 0 Å². The third-order valence-electron chi connectivity index (χ3n) is 4.62. The molecule has 1 saturated heterocycles. The summed E-state index contributed by atoms with van der Waals surface area (Å²) < 4.78 is 27.7. The Morgan fingerprint density at radius 3 is 2.08 bits per heavy atom. The maximum atomic E-state index is 13.9. The number of halogens is 2. The van der Waals surface area contributed by atoms with E-state index in [1.54, 1.807) is 26.0 Å². The minimum atomic E-state index is -1.03. The zero-order valence-electron chi connectivity index (χ0n) is 14.0.